The third kappa shape index (κ3) is 2.74. The molecule has 0 fully saturated rings. The van der Waals surface area contributed by atoms with E-state index >= 15 is 0 Å². The molecule has 0 saturated carbocycles. The van der Waals surface area contributed by atoms with Crippen molar-refractivity contribution in [2.75, 3.05) is 25.0 Å². The van der Waals surface area contributed by atoms with Gasteiger partial charge in [-0.25, -0.2) is 0 Å². The standard InChI is InChI=1S/C11H18N2/c1-3-13(2)11-6-4-10(5-7-11)8-9-12/h4-7H,3,8-9,12H2,1-2H3. The summed E-state index contributed by atoms with van der Waals surface area (Å²) in [5.41, 5.74) is 8.06. The number of rotatable bonds is 4. The van der Waals surface area contributed by atoms with Crippen molar-refractivity contribution in [1.29, 1.82) is 0 Å². The van der Waals surface area contributed by atoms with Crippen LogP contribution in [0.5, 0.6) is 0 Å². The number of nitrogens with two attached hydrogens (primary N) is 1. The van der Waals surface area contributed by atoms with Crippen LogP contribution in [-0.2, 0) is 6.42 Å². The number of hydrogen-bond acceptors (Lipinski definition) is 2. The highest BCUT2D eigenvalue weighted by Crippen LogP contribution is 2.13. The molecular weight excluding hydrogens is 160 g/mol. The van der Waals surface area contributed by atoms with Crippen LogP contribution in [0.15, 0.2) is 24.3 Å². The average Bonchev–Trinajstić information content (AvgIpc) is 2.18. The zero-order valence-electron chi connectivity index (χ0n) is 8.46. The van der Waals surface area contributed by atoms with E-state index in [9.17, 15) is 0 Å². The Morgan fingerprint density at radius 1 is 1.23 bits per heavy atom. The lowest BCUT2D eigenvalue weighted by atomic mass is 10.1. The maximum Gasteiger partial charge on any atom is 0.0363 e. The molecule has 72 valence electrons. The second-order valence-corrected chi connectivity index (χ2v) is 3.22. The molecule has 0 aliphatic rings. The normalized spacial score (nSPS) is 10.1. The van der Waals surface area contributed by atoms with Crippen molar-refractivity contribution in [1.82, 2.24) is 0 Å². The van der Waals surface area contributed by atoms with Gasteiger partial charge in [0.25, 0.3) is 0 Å². The van der Waals surface area contributed by atoms with E-state index < -0.39 is 0 Å². The fourth-order valence-corrected chi connectivity index (χ4v) is 1.27. The first-order valence-electron chi connectivity index (χ1n) is 4.78. The molecule has 2 nitrogen and oxygen atoms in total. The number of anilines is 1. The molecule has 1 rings (SSSR count). The van der Waals surface area contributed by atoms with Crippen LogP contribution in [0.1, 0.15) is 12.5 Å². The van der Waals surface area contributed by atoms with Crippen LogP contribution in [0.2, 0.25) is 0 Å². The van der Waals surface area contributed by atoms with Crippen LogP contribution >= 0.6 is 0 Å². The molecule has 0 spiro atoms. The first kappa shape index (κ1) is 10.1. The van der Waals surface area contributed by atoms with Crippen LogP contribution in [0.4, 0.5) is 5.69 Å². The van der Waals surface area contributed by atoms with E-state index in [1.54, 1.807) is 0 Å². The zero-order valence-corrected chi connectivity index (χ0v) is 8.46. The number of hydrogen-bond donors (Lipinski definition) is 1. The van der Waals surface area contributed by atoms with E-state index in [1.807, 2.05) is 0 Å². The minimum Gasteiger partial charge on any atom is -0.375 e. The molecule has 2 N–H and O–H groups in total. The minimum absolute atomic E-state index is 0.725. The first-order chi connectivity index (χ1) is 6.27. The molecule has 0 heterocycles. The van der Waals surface area contributed by atoms with Crippen LogP contribution < -0.4 is 10.6 Å². The Hall–Kier alpha value is -1.02. The van der Waals surface area contributed by atoms with Crippen molar-refractivity contribution in [3.05, 3.63) is 29.8 Å². The summed E-state index contributed by atoms with van der Waals surface area (Å²) >= 11 is 0. The van der Waals surface area contributed by atoms with Gasteiger partial charge in [0.05, 0.1) is 0 Å². The van der Waals surface area contributed by atoms with E-state index in [2.05, 4.69) is 43.1 Å². The third-order valence-electron chi connectivity index (χ3n) is 2.28. The Balaban J connectivity index is 2.69. The van der Waals surface area contributed by atoms with Crippen molar-refractivity contribution in [3.8, 4) is 0 Å². The second kappa shape index (κ2) is 4.87. The Morgan fingerprint density at radius 2 is 1.85 bits per heavy atom. The van der Waals surface area contributed by atoms with E-state index in [1.165, 1.54) is 11.3 Å². The van der Waals surface area contributed by atoms with E-state index in [0.29, 0.717) is 0 Å². The van der Waals surface area contributed by atoms with E-state index in [4.69, 9.17) is 5.73 Å². The summed E-state index contributed by atoms with van der Waals surface area (Å²) in [4.78, 5) is 2.21. The molecule has 0 unspecified atom stereocenters. The van der Waals surface area contributed by atoms with Crippen molar-refractivity contribution in [2.24, 2.45) is 5.73 Å². The summed E-state index contributed by atoms with van der Waals surface area (Å²) < 4.78 is 0. The van der Waals surface area contributed by atoms with Crippen LogP contribution in [0.25, 0.3) is 0 Å². The summed E-state index contributed by atoms with van der Waals surface area (Å²) in [6.07, 6.45) is 0.968. The SMILES string of the molecule is CCN(C)c1ccc(CCN)cc1. The molecular formula is C11H18N2. The van der Waals surface area contributed by atoms with Gasteiger partial charge in [-0.2, -0.15) is 0 Å². The topological polar surface area (TPSA) is 29.3 Å². The van der Waals surface area contributed by atoms with Gasteiger partial charge in [0.2, 0.25) is 0 Å². The highest BCUT2D eigenvalue weighted by molar-refractivity contribution is 5.46. The van der Waals surface area contributed by atoms with Gasteiger partial charge in [0.1, 0.15) is 0 Å². The van der Waals surface area contributed by atoms with Gasteiger partial charge in [0.15, 0.2) is 0 Å². The Labute approximate surface area is 80.4 Å². The summed E-state index contributed by atoms with van der Waals surface area (Å²) in [5, 5.41) is 0. The molecule has 0 saturated heterocycles. The molecule has 0 amide bonds. The molecule has 0 aliphatic heterocycles. The highest BCUT2D eigenvalue weighted by Gasteiger charge is 1.97. The lowest BCUT2D eigenvalue weighted by Gasteiger charge is -2.16. The van der Waals surface area contributed by atoms with Gasteiger partial charge in [-0.1, -0.05) is 12.1 Å². The Kier molecular flexibility index (Phi) is 3.77. The highest BCUT2D eigenvalue weighted by atomic mass is 15.1. The third-order valence-corrected chi connectivity index (χ3v) is 2.28. The van der Waals surface area contributed by atoms with Crippen LogP contribution in [0.3, 0.4) is 0 Å². The Morgan fingerprint density at radius 3 is 2.31 bits per heavy atom. The fourth-order valence-electron chi connectivity index (χ4n) is 1.27. The molecule has 0 radical (unpaired) electrons. The molecule has 0 aliphatic carbocycles. The lowest BCUT2D eigenvalue weighted by molar-refractivity contribution is 0.953. The van der Waals surface area contributed by atoms with Gasteiger partial charge in [-0.15, -0.1) is 0 Å². The Bertz CT molecular complexity index is 241. The van der Waals surface area contributed by atoms with Crippen molar-refractivity contribution >= 4 is 5.69 Å². The molecule has 1 aromatic carbocycles. The van der Waals surface area contributed by atoms with E-state index in [-0.39, 0.29) is 0 Å². The first-order valence-corrected chi connectivity index (χ1v) is 4.78. The van der Waals surface area contributed by atoms with Gasteiger partial charge in [-0.05, 0) is 37.6 Å². The smallest absolute Gasteiger partial charge is 0.0363 e. The van der Waals surface area contributed by atoms with Crippen LogP contribution in [0, 0.1) is 0 Å². The van der Waals surface area contributed by atoms with Crippen molar-refractivity contribution < 1.29 is 0 Å². The van der Waals surface area contributed by atoms with Gasteiger partial charge < -0.3 is 10.6 Å². The molecule has 1 aromatic rings. The van der Waals surface area contributed by atoms with Crippen molar-refractivity contribution in [3.63, 3.8) is 0 Å². The van der Waals surface area contributed by atoms with Crippen LogP contribution in [-0.4, -0.2) is 20.1 Å². The summed E-state index contributed by atoms with van der Waals surface area (Å²) in [6.45, 7) is 3.91. The molecule has 0 atom stereocenters. The lowest BCUT2D eigenvalue weighted by Crippen LogP contribution is -2.15. The molecule has 0 aromatic heterocycles. The quantitative estimate of drug-likeness (QED) is 0.759. The minimum atomic E-state index is 0.725. The largest absolute Gasteiger partial charge is 0.375 e. The average molecular weight is 178 g/mol. The molecule has 0 bridgehead atoms. The summed E-state index contributed by atoms with van der Waals surface area (Å²) in [7, 11) is 2.10. The maximum atomic E-state index is 5.47. The fraction of sp³-hybridized carbons (Fsp3) is 0.455. The molecule has 2 heteroatoms. The predicted molar refractivity (Wildman–Crippen MR) is 58.1 cm³/mol. The van der Waals surface area contributed by atoms with Gasteiger partial charge in [-0.3, -0.25) is 0 Å². The summed E-state index contributed by atoms with van der Waals surface area (Å²) in [6, 6.07) is 8.59. The van der Waals surface area contributed by atoms with Gasteiger partial charge >= 0.3 is 0 Å². The maximum absolute atomic E-state index is 5.47. The number of benzene rings is 1. The number of nitrogens with zero attached hydrogens (tertiary/aromatic N) is 1. The summed E-state index contributed by atoms with van der Waals surface area (Å²) in [5.74, 6) is 0. The second-order valence-electron chi connectivity index (χ2n) is 3.22. The predicted octanol–water partition coefficient (Wildman–Crippen LogP) is 1.64. The zero-order chi connectivity index (χ0) is 9.68. The monoisotopic (exact) mass is 178 g/mol. The van der Waals surface area contributed by atoms with Gasteiger partial charge in [0, 0.05) is 19.3 Å². The molecule has 13 heavy (non-hydrogen) atoms. The van der Waals surface area contributed by atoms with E-state index in [0.717, 1.165) is 19.5 Å². The van der Waals surface area contributed by atoms with Crippen molar-refractivity contribution in [2.45, 2.75) is 13.3 Å².